The second kappa shape index (κ2) is 6.74. The molecule has 2 rings (SSSR count). The van der Waals surface area contributed by atoms with Crippen molar-refractivity contribution in [3.05, 3.63) is 29.3 Å². The van der Waals surface area contributed by atoms with E-state index < -0.39 is 6.09 Å². The summed E-state index contributed by atoms with van der Waals surface area (Å²) >= 11 is 0. The number of ether oxygens (including phenoxy) is 1. The molecule has 2 atom stereocenters. The topological polar surface area (TPSA) is 58.6 Å². The zero-order valence-corrected chi connectivity index (χ0v) is 13.9. The first-order valence-electron chi connectivity index (χ1n) is 7.71. The van der Waals surface area contributed by atoms with Crippen molar-refractivity contribution in [1.82, 2.24) is 5.32 Å². The number of nitrogens with zero attached hydrogens (tertiary/aromatic N) is 1. The molecule has 0 unspecified atom stereocenters. The number of carbonyl (C=O) groups is 2. The predicted molar refractivity (Wildman–Crippen MR) is 89.1 cm³/mol. The molecule has 5 heteroatoms. The largest absolute Gasteiger partial charge is 0.447 e. The maximum atomic E-state index is 12.0. The van der Waals surface area contributed by atoms with E-state index in [0.29, 0.717) is 12.0 Å². The zero-order chi connectivity index (χ0) is 17.1. The number of nitrogens with one attached hydrogen (secondary N) is 1. The number of anilines is 1. The lowest BCUT2D eigenvalue weighted by molar-refractivity contribution is -0.117. The minimum Gasteiger partial charge on any atom is -0.447 e. The number of hydrogen-bond donors (Lipinski definition) is 1. The second-order valence-electron chi connectivity index (χ2n) is 6.04. The summed E-state index contributed by atoms with van der Waals surface area (Å²) in [5.74, 6) is 2.56. The molecule has 1 aliphatic rings. The summed E-state index contributed by atoms with van der Waals surface area (Å²) in [6.07, 6.45) is 5.42. The lowest BCUT2D eigenvalue weighted by Gasteiger charge is -2.39. The summed E-state index contributed by atoms with van der Waals surface area (Å²) < 4.78 is 5.16. The molecule has 0 aliphatic carbocycles. The molecule has 0 bridgehead atoms. The van der Waals surface area contributed by atoms with Gasteiger partial charge in [0.2, 0.25) is 5.91 Å². The van der Waals surface area contributed by atoms with Crippen LogP contribution in [0.25, 0.3) is 0 Å². The minimum absolute atomic E-state index is 0.0268. The molecule has 1 aromatic carbocycles. The van der Waals surface area contributed by atoms with Gasteiger partial charge in [-0.3, -0.25) is 4.79 Å². The lowest BCUT2D eigenvalue weighted by Crippen LogP contribution is -2.45. The van der Waals surface area contributed by atoms with Gasteiger partial charge in [0, 0.05) is 24.2 Å². The fourth-order valence-corrected chi connectivity index (χ4v) is 2.96. The van der Waals surface area contributed by atoms with E-state index in [-0.39, 0.29) is 24.1 Å². The third-order valence-corrected chi connectivity index (χ3v) is 3.82. The van der Waals surface area contributed by atoms with Crippen LogP contribution in [0.3, 0.4) is 0 Å². The quantitative estimate of drug-likeness (QED) is 0.854. The molecule has 0 spiro atoms. The molecule has 1 aromatic rings. The minimum atomic E-state index is -0.467. The highest BCUT2D eigenvalue weighted by Crippen LogP contribution is 2.37. The monoisotopic (exact) mass is 314 g/mol. The van der Waals surface area contributed by atoms with Crippen molar-refractivity contribution < 1.29 is 14.3 Å². The number of rotatable bonds is 2. The van der Waals surface area contributed by atoms with Gasteiger partial charge in [-0.05, 0) is 51.0 Å². The summed E-state index contributed by atoms with van der Waals surface area (Å²) in [5.41, 5.74) is 2.34. The Morgan fingerprint density at radius 1 is 1.43 bits per heavy atom. The second-order valence-corrected chi connectivity index (χ2v) is 6.04. The van der Waals surface area contributed by atoms with Gasteiger partial charge in [-0.1, -0.05) is 5.92 Å². The van der Waals surface area contributed by atoms with E-state index in [4.69, 9.17) is 11.2 Å². The summed E-state index contributed by atoms with van der Waals surface area (Å²) in [6, 6.07) is 5.22. The van der Waals surface area contributed by atoms with Gasteiger partial charge < -0.3 is 15.0 Å². The Labute approximate surface area is 137 Å². The van der Waals surface area contributed by atoms with E-state index >= 15 is 0 Å². The number of hydrogen-bond acceptors (Lipinski definition) is 3. The Kier molecular flexibility index (Phi) is 4.95. The van der Waals surface area contributed by atoms with Crippen molar-refractivity contribution in [3.8, 4) is 12.3 Å². The van der Waals surface area contributed by atoms with Gasteiger partial charge in [-0.2, -0.15) is 0 Å². The maximum absolute atomic E-state index is 12.0. The van der Waals surface area contributed by atoms with Gasteiger partial charge in [0.05, 0.1) is 12.1 Å². The lowest BCUT2D eigenvalue weighted by atomic mass is 9.90. The number of alkyl carbamates (subject to hydrolysis) is 1. The highest BCUT2D eigenvalue weighted by molar-refractivity contribution is 5.94. The first kappa shape index (κ1) is 16.9. The number of fused-ring (bicyclic) bond motifs is 1. The highest BCUT2D eigenvalue weighted by atomic mass is 16.6. The van der Waals surface area contributed by atoms with Crippen LogP contribution in [-0.2, 0) is 9.53 Å². The molecule has 1 heterocycles. The van der Waals surface area contributed by atoms with E-state index in [0.717, 1.165) is 11.3 Å². The molecule has 0 aromatic heterocycles. The van der Waals surface area contributed by atoms with Crippen LogP contribution >= 0.6 is 0 Å². The number of benzene rings is 1. The van der Waals surface area contributed by atoms with Gasteiger partial charge in [-0.25, -0.2) is 4.79 Å². The molecule has 0 saturated carbocycles. The van der Waals surface area contributed by atoms with Crippen molar-refractivity contribution in [1.29, 1.82) is 0 Å². The van der Waals surface area contributed by atoms with E-state index in [1.54, 1.807) is 24.8 Å². The van der Waals surface area contributed by atoms with Crippen LogP contribution in [0.1, 0.15) is 51.3 Å². The van der Waals surface area contributed by atoms with E-state index in [1.165, 1.54) is 6.92 Å². The molecule has 0 radical (unpaired) electrons. The molecule has 0 fully saturated rings. The molecule has 1 N–H and O–H groups in total. The standard InChI is InChI=1S/C18H22N2O3/c1-6-14-7-8-17-15(10-14)16(19-18(22)23-11(2)3)9-12(4)20(17)13(5)21/h1,7-8,10-12,16H,9H2,2-5H3,(H,19,22)/t12-,16+/m0/s1. The fraction of sp³-hybridized carbons (Fsp3) is 0.444. The Balaban J connectivity index is 2.39. The smallest absolute Gasteiger partial charge is 0.407 e. The normalized spacial score (nSPS) is 19.7. The molecule has 2 amide bonds. The average Bonchev–Trinajstić information content (AvgIpc) is 2.45. The van der Waals surface area contributed by atoms with Crippen LogP contribution < -0.4 is 10.2 Å². The SMILES string of the molecule is C#Cc1ccc2c(c1)[C@H](NC(=O)OC(C)C)C[C@H](C)N2C(C)=O. The van der Waals surface area contributed by atoms with Gasteiger partial charge >= 0.3 is 6.09 Å². The Morgan fingerprint density at radius 3 is 2.70 bits per heavy atom. The zero-order valence-electron chi connectivity index (χ0n) is 13.9. The molecule has 1 aliphatic heterocycles. The van der Waals surface area contributed by atoms with Crippen molar-refractivity contribution in [2.24, 2.45) is 0 Å². The van der Waals surface area contributed by atoms with Crippen LogP contribution in [0.2, 0.25) is 0 Å². The van der Waals surface area contributed by atoms with Gasteiger partial charge in [-0.15, -0.1) is 6.42 Å². The fourth-order valence-electron chi connectivity index (χ4n) is 2.96. The third kappa shape index (κ3) is 3.65. The van der Waals surface area contributed by atoms with E-state index in [1.807, 2.05) is 19.1 Å². The molecular formula is C18H22N2O3. The molecule has 23 heavy (non-hydrogen) atoms. The van der Waals surface area contributed by atoms with Crippen molar-refractivity contribution >= 4 is 17.7 Å². The first-order chi connectivity index (χ1) is 10.8. The molecular weight excluding hydrogens is 292 g/mol. The van der Waals surface area contributed by atoms with Gasteiger partial charge in [0.15, 0.2) is 0 Å². The van der Waals surface area contributed by atoms with Crippen molar-refractivity contribution in [2.75, 3.05) is 4.90 Å². The Morgan fingerprint density at radius 2 is 2.13 bits per heavy atom. The van der Waals surface area contributed by atoms with Crippen LogP contribution in [0.4, 0.5) is 10.5 Å². The average molecular weight is 314 g/mol. The number of terminal acetylenes is 1. The van der Waals surface area contributed by atoms with E-state index in [2.05, 4.69) is 11.2 Å². The van der Waals surface area contributed by atoms with Crippen molar-refractivity contribution in [2.45, 2.75) is 52.3 Å². The molecule has 0 saturated heterocycles. The third-order valence-electron chi connectivity index (χ3n) is 3.82. The first-order valence-corrected chi connectivity index (χ1v) is 7.71. The van der Waals surface area contributed by atoms with Crippen LogP contribution in [0.15, 0.2) is 18.2 Å². The van der Waals surface area contributed by atoms with Crippen molar-refractivity contribution in [3.63, 3.8) is 0 Å². The summed E-state index contributed by atoms with van der Waals surface area (Å²) in [7, 11) is 0. The summed E-state index contributed by atoms with van der Waals surface area (Å²) in [4.78, 5) is 25.7. The maximum Gasteiger partial charge on any atom is 0.407 e. The molecule has 122 valence electrons. The van der Waals surface area contributed by atoms with Crippen LogP contribution in [-0.4, -0.2) is 24.1 Å². The Hall–Kier alpha value is -2.48. The number of carbonyl (C=O) groups excluding carboxylic acids is 2. The highest BCUT2D eigenvalue weighted by Gasteiger charge is 2.33. The predicted octanol–water partition coefficient (Wildman–Crippen LogP) is 2.99. The summed E-state index contributed by atoms with van der Waals surface area (Å²) in [5, 5.41) is 2.88. The van der Waals surface area contributed by atoms with Gasteiger partial charge in [0.1, 0.15) is 0 Å². The Bertz CT molecular complexity index is 661. The molecule has 5 nitrogen and oxygen atoms in total. The van der Waals surface area contributed by atoms with E-state index in [9.17, 15) is 9.59 Å². The van der Waals surface area contributed by atoms with Crippen LogP contribution in [0.5, 0.6) is 0 Å². The van der Waals surface area contributed by atoms with Crippen LogP contribution in [0, 0.1) is 12.3 Å². The number of amides is 2. The van der Waals surface area contributed by atoms with Gasteiger partial charge in [0.25, 0.3) is 0 Å². The summed E-state index contributed by atoms with van der Waals surface area (Å²) in [6.45, 7) is 7.09.